The average molecular weight is 213 g/mol. The van der Waals surface area contributed by atoms with E-state index in [4.69, 9.17) is 5.11 Å². The Morgan fingerprint density at radius 2 is 1.93 bits per heavy atom. The molecule has 3 nitrogen and oxygen atoms in total. The average Bonchev–Trinajstić information content (AvgIpc) is 2.66. The summed E-state index contributed by atoms with van der Waals surface area (Å²) >= 11 is 0. The lowest BCUT2D eigenvalue weighted by Gasteiger charge is -2.41. The highest BCUT2D eigenvalue weighted by atomic mass is 16.3. The van der Waals surface area contributed by atoms with Crippen molar-refractivity contribution in [2.24, 2.45) is 0 Å². The zero-order valence-corrected chi connectivity index (χ0v) is 9.44. The molecule has 0 spiro atoms. The van der Waals surface area contributed by atoms with Crippen LogP contribution in [-0.2, 0) is 0 Å². The van der Waals surface area contributed by atoms with Gasteiger partial charge in [-0.05, 0) is 45.1 Å². The minimum absolute atomic E-state index is 0.121. The first-order valence-electron chi connectivity index (χ1n) is 6.37. The van der Waals surface area contributed by atoms with Crippen LogP contribution in [0.3, 0.4) is 0 Å². The Labute approximate surface area is 92.1 Å². The van der Waals surface area contributed by atoms with Gasteiger partial charge in [0.15, 0.2) is 0 Å². The van der Waals surface area contributed by atoms with Crippen molar-refractivity contribution in [2.45, 2.75) is 63.1 Å². The van der Waals surface area contributed by atoms with Crippen molar-refractivity contribution >= 4 is 0 Å². The van der Waals surface area contributed by atoms with E-state index < -0.39 is 0 Å². The predicted molar refractivity (Wildman–Crippen MR) is 59.7 cm³/mol. The molecule has 1 aliphatic heterocycles. The van der Waals surface area contributed by atoms with Gasteiger partial charge in [-0.25, -0.2) is 0 Å². The van der Waals surface area contributed by atoms with Crippen molar-refractivity contribution in [2.75, 3.05) is 13.2 Å². The summed E-state index contributed by atoms with van der Waals surface area (Å²) < 4.78 is 0. The summed E-state index contributed by atoms with van der Waals surface area (Å²) in [7, 11) is 0. The van der Waals surface area contributed by atoms with E-state index >= 15 is 0 Å². The smallest absolute Gasteiger partial charge is 0.0695 e. The van der Waals surface area contributed by atoms with Crippen LogP contribution in [-0.4, -0.2) is 46.5 Å². The molecule has 0 bridgehead atoms. The molecule has 0 radical (unpaired) electrons. The molecule has 3 atom stereocenters. The third-order valence-corrected chi connectivity index (χ3v) is 4.00. The molecule has 1 heterocycles. The van der Waals surface area contributed by atoms with Crippen molar-refractivity contribution in [3.63, 3.8) is 0 Å². The SMILES string of the molecule is OCCC1CCCCN1[C@H]1CCC[C@@H]1O. The second-order valence-electron chi connectivity index (χ2n) is 4.97. The minimum atomic E-state index is -0.121. The Morgan fingerprint density at radius 3 is 2.60 bits per heavy atom. The lowest BCUT2D eigenvalue weighted by molar-refractivity contribution is 0.0168. The van der Waals surface area contributed by atoms with Crippen LogP contribution in [0.5, 0.6) is 0 Å². The van der Waals surface area contributed by atoms with Crippen LogP contribution in [0.1, 0.15) is 44.9 Å². The van der Waals surface area contributed by atoms with Crippen LogP contribution >= 0.6 is 0 Å². The van der Waals surface area contributed by atoms with E-state index in [9.17, 15) is 5.11 Å². The molecule has 2 rings (SSSR count). The molecule has 1 saturated heterocycles. The standard InChI is InChI=1S/C12H23NO2/c14-9-7-10-4-1-2-8-13(10)11-5-3-6-12(11)15/h10-12,14-15H,1-9H2/t10?,11-,12-/m0/s1. The summed E-state index contributed by atoms with van der Waals surface area (Å²) in [6, 6.07) is 0.892. The quantitative estimate of drug-likeness (QED) is 0.739. The van der Waals surface area contributed by atoms with Gasteiger partial charge in [0.1, 0.15) is 0 Å². The number of hydrogen-bond acceptors (Lipinski definition) is 3. The first-order valence-corrected chi connectivity index (χ1v) is 6.37. The van der Waals surface area contributed by atoms with Gasteiger partial charge < -0.3 is 10.2 Å². The fraction of sp³-hybridized carbons (Fsp3) is 1.00. The highest BCUT2D eigenvalue weighted by Gasteiger charge is 2.35. The number of aliphatic hydroxyl groups excluding tert-OH is 2. The number of likely N-dealkylation sites (tertiary alicyclic amines) is 1. The highest BCUT2D eigenvalue weighted by Crippen LogP contribution is 2.30. The maximum atomic E-state index is 9.92. The molecule has 1 aliphatic carbocycles. The summed E-state index contributed by atoms with van der Waals surface area (Å²) in [5, 5.41) is 19.0. The summed E-state index contributed by atoms with van der Waals surface area (Å²) in [6.07, 6.45) is 7.76. The second kappa shape index (κ2) is 5.28. The lowest BCUT2D eigenvalue weighted by Crippen LogP contribution is -2.49. The number of nitrogens with zero attached hydrogens (tertiary/aromatic N) is 1. The molecular weight excluding hydrogens is 190 g/mol. The van der Waals surface area contributed by atoms with E-state index in [2.05, 4.69) is 4.90 Å². The van der Waals surface area contributed by atoms with Gasteiger partial charge >= 0.3 is 0 Å². The zero-order valence-electron chi connectivity index (χ0n) is 9.44. The van der Waals surface area contributed by atoms with Crippen LogP contribution in [0.4, 0.5) is 0 Å². The number of rotatable bonds is 3. The Bertz CT molecular complexity index is 196. The molecule has 88 valence electrons. The molecule has 0 aromatic carbocycles. The first kappa shape index (κ1) is 11.4. The van der Waals surface area contributed by atoms with Gasteiger partial charge in [-0.1, -0.05) is 6.42 Å². The van der Waals surface area contributed by atoms with Gasteiger partial charge in [0.2, 0.25) is 0 Å². The van der Waals surface area contributed by atoms with Crippen molar-refractivity contribution < 1.29 is 10.2 Å². The molecule has 0 aromatic heterocycles. The Hall–Kier alpha value is -0.120. The fourth-order valence-corrected chi connectivity index (χ4v) is 3.23. The third kappa shape index (κ3) is 2.52. The lowest BCUT2D eigenvalue weighted by atomic mass is 9.96. The van der Waals surface area contributed by atoms with Gasteiger partial charge in [-0.3, -0.25) is 4.90 Å². The van der Waals surface area contributed by atoms with E-state index in [0.29, 0.717) is 12.1 Å². The van der Waals surface area contributed by atoms with Gasteiger partial charge in [-0.15, -0.1) is 0 Å². The topological polar surface area (TPSA) is 43.7 Å². The molecule has 15 heavy (non-hydrogen) atoms. The van der Waals surface area contributed by atoms with Gasteiger partial charge in [0, 0.05) is 18.7 Å². The molecule has 0 amide bonds. The van der Waals surface area contributed by atoms with E-state index in [-0.39, 0.29) is 12.7 Å². The minimum Gasteiger partial charge on any atom is -0.396 e. The molecule has 1 unspecified atom stereocenters. The van der Waals surface area contributed by atoms with Gasteiger partial charge in [0.25, 0.3) is 0 Å². The fourth-order valence-electron chi connectivity index (χ4n) is 3.23. The van der Waals surface area contributed by atoms with Gasteiger partial charge in [0.05, 0.1) is 6.10 Å². The third-order valence-electron chi connectivity index (χ3n) is 4.00. The Morgan fingerprint density at radius 1 is 1.07 bits per heavy atom. The number of aliphatic hydroxyl groups is 2. The van der Waals surface area contributed by atoms with E-state index in [1.54, 1.807) is 0 Å². The van der Waals surface area contributed by atoms with Crippen LogP contribution in [0.2, 0.25) is 0 Å². The monoisotopic (exact) mass is 213 g/mol. The van der Waals surface area contributed by atoms with Crippen molar-refractivity contribution in [3.05, 3.63) is 0 Å². The second-order valence-corrected chi connectivity index (χ2v) is 4.97. The maximum Gasteiger partial charge on any atom is 0.0695 e. The molecule has 2 N–H and O–H groups in total. The normalized spacial score (nSPS) is 38.4. The molecule has 0 aromatic rings. The Balaban J connectivity index is 1.97. The highest BCUT2D eigenvalue weighted by molar-refractivity contribution is 4.90. The van der Waals surface area contributed by atoms with Crippen molar-refractivity contribution in [3.8, 4) is 0 Å². The van der Waals surface area contributed by atoms with Crippen LogP contribution in [0.15, 0.2) is 0 Å². The largest absolute Gasteiger partial charge is 0.396 e. The molecule has 2 fully saturated rings. The summed E-state index contributed by atoms with van der Waals surface area (Å²) in [6.45, 7) is 1.40. The van der Waals surface area contributed by atoms with Crippen LogP contribution < -0.4 is 0 Å². The summed E-state index contributed by atoms with van der Waals surface area (Å²) in [5.41, 5.74) is 0. The van der Waals surface area contributed by atoms with E-state index in [1.165, 1.54) is 19.3 Å². The summed E-state index contributed by atoms with van der Waals surface area (Å²) in [5.74, 6) is 0. The molecule has 2 aliphatic rings. The Kier molecular flexibility index (Phi) is 4.00. The summed E-state index contributed by atoms with van der Waals surface area (Å²) in [4.78, 5) is 2.47. The number of hydrogen-bond donors (Lipinski definition) is 2. The molecular formula is C12H23NO2. The van der Waals surface area contributed by atoms with Crippen molar-refractivity contribution in [1.29, 1.82) is 0 Å². The molecule has 3 heteroatoms. The maximum absolute atomic E-state index is 9.92. The predicted octanol–water partition coefficient (Wildman–Crippen LogP) is 1.14. The van der Waals surface area contributed by atoms with Crippen molar-refractivity contribution in [1.82, 2.24) is 4.90 Å². The van der Waals surface area contributed by atoms with Crippen LogP contribution in [0.25, 0.3) is 0 Å². The van der Waals surface area contributed by atoms with E-state index in [0.717, 1.165) is 32.2 Å². The van der Waals surface area contributed by atoms with Crippen LogP contribution in [0, 0.1) is 0 Å². The number of piperidine rings is 1. The van der Waals surface area contributed by atoms with E-state index in [1.807, 2.05) is 0 Å². The zero-order chi connectivity index (χ0) is 10.7. The van der Waals surface area contributed by atoms with Gasteiger partial charge in [-0.2, -0.15) is 0 Å². The first-order chi connectivity index (χ1) is 7.33. The molecule has 1 saturated carbocycles.